The second-order valence-corrected chi connectivity index (χ2v) is 6.06. The summed E-state index contributed by atoms with van der Waals surface area (Å²) in [6.45, 7) is 4.33. The molecular formula is C19H20FN3O2. The quantitative estimate of drug-likeness (QED) is 0.708. The van der Waals surface area contributed by atoms with E-state index < -0.39 is 0 Å². The first-order chi connectivity index (χ1) is 12.0. The SMILES string of the molecule is CC(CNC(C)c1cc(O)ccc1F)c1nc(-c2ccccc2)no1. The van der Waals surface area contributed by atoms with Crippen LogP contribution in [0.2, 0.25) is 0 Å². The first kappa shape index (κ1) is 17.1. The van der Waals surface area contributed by atoms with Gasteiger partial charge in [0.25, 0.3) is 0 Å². The number of hydrogen-bond donors (Lipinski definition) is 2. The molecule has 0 spiro atoms. The zero-order valence-corrected chi connectivity index (χ0v) is 14.1. The number of halogens is 1. The van der Waals surface area contributed by atoms with Crippen LogP contribution in [0.4, 0.5) is 4.39 Å². The molecule has 3 rings (SSSR count). The molecule has 1 heterocycles. The molecule has 0 aliphatic carbocycles. The summed E-state index contributed by atoms with van der Waals surface area (Å²) in [6.07, 6.45) is 0. The molecule has 2 unspecified atom stereocenters. The van der Waals surface area contributed by atoms with Crippen molar-refractivity contribution in [3.8, 4) is 17.1 Å². The lowest BCUT2D eigenvalue weighted by Crippen LogP contribution is -2.24. The summed E-state index contributed by atoms with van der Waals surface area (Å²) in [5.74, 6) is 0.731. The van der Waals surface area contributed by atoms with Crippen molar-refractivity contribution < 1.29 is 14.0 Å². The second kappa shape index (κ2) is 7.44. The fourth-order valence-corrected chi connectivity index (χ4v) is 2.55. The third-order valence-corrected chi connectivity index (χ3v) is 4.07. The molecule has 1 aromatic heterocycles. The number of benzene rings is 2. The van der Waals surface area contributed by atoms with Crippen molar-refractivity contribution in [2.45, 2.75) is 25.8 Å². The van der Waals surface area contributed by atoms with Gasteiger partial charge >= 0.3 is 0 Å². The molecule has 0 saturated heterocycles. The number of rotatable bonds is 6. The second-order valence-electron chi connectivity index (χ2n) is 6.06. The van der Waals surface area contributed by atoms with Gasteiger partial charge in [-0.05, 0) is 25.1 Å². The lowest BCUT2D eigenvalue weighted by Gasteiger charge is -2.17. The molecule has 0 aliphatic rings. The first-order valence-corrected chi connectivity index (χ1v) is 8.15. The number of nitrogens with zero attached hydrogens (tertiary/aromatic N) is 2. The molecule has 2 N–H and O–H groups in total. The summed E-state index contributed by atoms with van der Waals surface area (Å²) >= 11 is 0. The van der Waals surface area contributed by atoms with E-state index in [0.29, 0.717) is 23.8 Å². The summed E-state index contributed by atoms with van der Waals surface area (Å²) in [4.78, 5) is 4.43. The van der Waals surface area contributed by atoms with Gasteiger partial charge in [0, 0.05) is 29.6 Å². The van der Waals surface area contributed by atoms with Crippen molar-refractivity contribution in [2.75, 3.05) is 6.54 Å². The van der Waals surface area contributed by atoms with Crippen LogP contribution in [0.15, 0.2) is 53.1 Å². The van der Waals surface area contributed by atoms with E-state index in [2.05, 4.69) is 15.5 Å². The third kappa shape index (κ3) is 4.03. The number of hydrogen-bond acceptors (Lipinski definition) is 5. The Balaban J connectivity index is 1.64. The van der Waals surface area contributed by atoms with E-state index in [9.17, 15) is 9.50 Å². The molecule has 2 atom stereocenters. The van der Waals surface area contributed by atoms with Crippen molar-refractivity contribution >= 4 is 0 Å². The molecule has 0 aliphatic heterocycles. The Morgan fingerprint density at radius 1 is 1.16 bits per heavy atom. The van der Waals surface area contributed by atoms with Gasteiger partial charge in [0.1, 0.15) is 11.6 Å². The maximum atomic E-state index is 13.9. The highest BCUT2D eigenvalue weighted by atomic mass is 19.1. The predicted molar refractivity (Wildman–Crippen MR) is 92.6 cm³/mol. The highest BCUT2D eigenvalue weighted by molar-refractivity contribution is 5.53. The fourth-order valence-electron chi connectivity index (χ4n) is 2.55. The van der Waals surface area contributed by atoms with Crippen LogP contribution in [0.5, 0.6) is 5.75 Å². The number of aromatic nitrogens is 2. The van der Waals surface area contributed by atoms with E-state index in [0.717, 1.165) is 5.56 Å². The van der Waals surface area contributed by atoms with Crippen molar-refractivity contribution in [3.63, 3.8) is 0 Å². The summed E-state index contributed by atoms with van der Waals surface area (Å²) in [7, 11) is 0. The van der Waals surface area contributed by atoms with Crippen LogP contribution in [0.1, 0.15) is 37.3 Å². The Morgan fingerprint density at radius 3 is 2.68 bits per heavy atom. The average molecular weight is 341 g/mol. The minimum absolute atomic E-state index is 0.0345. The molecule has 0 saturated carbocycles. The van der Waals surface area contributed by atoms with E-state index in [1.807, 2.05) is 44.2 Å². The summed E-state index contributed by atoms with van der Waals surface area (Å²) in [5.41, 5.74) is 1.32. The maximum absolute atomic E-state index is 13.9. The molecule has 0 amide bonds. The predicted octanol–water partition coefficient (Wildman–Crippen LogP) is 4.04. The van der Waals surface area contributed by atoms with E-state index in [-0.39, 0.29) is 23.5 Å². The Morgan fingerprint density at radius 2 is 1.92 bits per heavy atom. The monoisotopic (exact) mass is 341 g/mol. The van der Waals surface area contributed by atoms with Crippen LogP contribution in [0.3, 0.4) is 0 Å². The standard InChI is InChI=1S/C19H20FN3O2/c1-12(11-21-13(2)16-10-15(24)8-9-17(16)20)19-22-18(23-25-19)14-6-4-3-5-7-14/h3-10,12-13,21,24H,11H2,1-2H3. The van der Waals surface area contributed by atoms with Crippen LogP contribution in [0.25, 0.3) is 11.4 Å². The van der Waals surface area contributed by atoms with Crippen molar-refractivity contribution in [1.82, 2.24) is 15.5 Å². The van der Waals surface area contributed by atoms with Gasteiger partial charge in [-0.1, -0.05) is 42.4 Å². The minimum Gasteiger partial charge on any atom is -0.508 e. The summed E-state index contributed by atoms with van der Waals surface area (Å²) in [6, 6.07) is 13.4. The fraction of sp³-hybridized carbons (Fsp3) is 0.263. The Labute approximate surface area is 145 Å². The Kier molecular flexibility index (Phi) is 5.09. The highest BCUT2D eigenvalue weighted by Crippen LogP contribution is 2.23. The van der Waals surface area contributed by atoms with Crippen LogP contribution >= 0.6 is 0 Å². The van der Waals surface area contributed by atoms with Gasteiger partial charge in [0.2, 0.25) is 11.7 Å². The van der Waals surface area contributed by atoms with E-state index in [1.165, 1.54) is 18.2 Å². The molecule has 0 radical (unpaired) electrons. The summed E-state index contributed by atoms with van der Waals surface area (Å²) in [5, 5.41) is 16.8. The topological polar surface area (TPSA) is 71.2 Å². The molecule has 3 aromatic rings. The van der Waals surface area contributed by atoms with Crippen LogP contribution < -0.4 is 5.32 Å². The van der Waals surface area contributed by atoms with Crippen LogP contribution in [-0.2, 0) is 0 Å². The van der Waals surface area contributed by atoms with E-state index >= 15 is 0 Å². The lowest BCUT2D eigenvalue weighted by molar-refractivity contribution is 0.350. The highest BCUT2D eigenvalue weighted by Gasteiger charge is 2.18. The van der Waals surface area contributed by atoms with Gasteiger partial charge in [0.15, 0.2) is 0 Å². The van der Waals surface area contributed by atoms with Gasteiger partial charge in [-0.15, -0.1) is 0 Å². The molecular weight excluding hydrogens is 321 g/mol. The van der Waals surface area contributed by atoms with Gasteiger partial charge in [-0.3, -0.25) is 0 Å². The minimum atomic E-state index is -0.352. The maximum Gasteiger partial charge on any atom is 0.231 e. The van der Waals surface area contributed by atoms with E-state index in [4.69, 9.17) is 4.52 Å². The molecule has 0 fully saturated rings. The smallest absolute Gasteiger partial charge is 0.231 e. The molecule has 130 valence electrons. The van der Waals surface area contributed by atoms with Gasteiger partial charge in [-0.25, -0.2) is 4.39 Å². The third-order valence-electron chi connectivity index (χ3n) is 4.07. The molecule has 6 heteroatoms. The molecule has 0 bridgehead atoms. The zero-order chi connectivity index (χ0) is 17.8. The first-order valence-electron chi connectivity index (χ1n) is 8.15. The normalized spacial score (nSPS) is 13.6. The molecule has 5 nitrogen and oxygen atoms in total. The van der Waals surface area contributed by atoms with E-state index in [1.54, 1.807) is 0 Å². The number of nitrogens with one attached hydrogen (secondary N) is 1. The van der Waals surface area contributed by atoms with Crippen molar-refractivity contribution in [3.05, 3.63) is 65.8 Å². The van der Waals surface area contributed by atoms with Crippen LogP contribution in [-0.4, -0.2) is 21.8 Å². The van der Waals surface area contributed by atoms with Crippen molar-refractivity contribution in [2.24, 2.45) is 0 Å². The average Bonchev–Trinajstić information content (AvgIpc) is 3.12. The number of aromatic hydroxyl groups is 1. The van der Waals surface area contributed by atoms with Gasteiger partial charge < -0.3 is 14.9 Å². The molecule has 2 aromatic carbocycles. The summed E-state index contributed by atoms with van der Waals surface area (Å²) < 4.78 is 19.2. The Bertz CT molecular complexity index is 836. The molecule has 25 heavy (non-hydrogen) atoms. The number of phenolic OH excluding ortho intramolecular Hbond substituents is 1. The number of phenols is 1. The van der Waals surface area contributed by atoms with Gasteiger partial charge in [0.05, 0.1) is 0 Å². The zero-order valence-electron chi connectivity index (χ0n) is 14.1. The van der Waals surface area contributed by atoms with Gasteiger partial charge in [-0.2, -0.15) is 4.98 Å². The van der Waals surface area contributed by atoms with Crippen molar-refractivity contribution in [1.29, 1.82) is 0 Å². The largest absolute Gasteiger partial charge is 0.508 e. The Hall–Kier alpha value is -2.73. The van der Waals surface area contributed by atoms with Crippen LogP contribution in [0, 0.1) is 5.82 Å². The lowest BCUT2D eigenvalue weighted by atomic mass is 10.1.